The zero-order valence-corrected chi connectivity index (χ0v) is 40.3. The number of Topliss-reactive ketones (excluding diaryl/α,β-unsaturated/α-hetero) is 3. The van der Waals surface area contributed by atoms with Crippen LogP contribution in [0.1, 0.15) is 131 Å². The Morgan fingerprint density at radius 3 is 2.32 bits per heavy atom. The van der Waals surface area contributed by atoms with Crippen molar-refractivity contribution >= 4 is 29.2 Å². The summed E-state index contributed by atoms with van der Waals surface area (Å²) < 4.78 is 29.9. The van der Waals surface area contributed by atoms with Crippen molar-refractivity contribution in [1.29, 1.82) is 0 Å². The van der Waals surface area contributed by atoms with Crippen molar-refractivity contribution in [3.63, 3.8) is 0 Å². The minimum atomic E-state index is -2.42. The van der Waals surface area contributed by atoms with Gasteiger partial charge in [-0.15, -0.1) is 0 Å². The number of fused-ring (bicyclic) bond motifs is 3. The molecule has 1 saturated carbocycles. The van der Waals surface area contributed by atoms with Crippen LogP contribution in [0.2, 0.25) is 0 Å². The number of ether oxygens (including phenoxy) is 5. The Bertz CT molecular complexity index is 1720. The Morgan fingerprint density at radius 2 is 1.62 bits per heavy atom. The van der Waals surface area contributed by atoms with Crippen LogP contribution in [-0.2, 0) is 47.7 Å². The van der Waals surface area contributed by atoms with Crippen molar-refractivity contribution in [2.45, 2.75) is 180 Å². The smallest absolute Gasteiger partial charge is 0.329 e. The normalized spacial score (nSPS) is 38.1. The summed E-state index contributed by atoms with van der Waals surface area (Å²) in [5.74, 6) is -7.41. The Balaban J connectivity index is 1.65. The molecule has 14 heteroatoms. The number of hydrogen-bond acceptors (Lipinski definition) is 13. The van der Waals surface area contributed by atoms with Crippen LogP contribution in [0.5, 0.6) is 0 Å². The molecule has 3 aliphatic heterocycles. The number of piperidine rings is 1. The lowest BCUT2D eigenvalue weighted by Gasteiger charge is -2.42. The van der Waals surface area contributed by atoms with Crippen LogP contribution in [-0.4, -0.2) is 132 Å². The molecular weight excluding hydrogens is 835 g/mol. The second-order valence-electron chi connectivity index (χ2n) is 19.2. The molecular formula is C51H79NO13. The summed E-state index contributed by atoms with van der Waals surface area (Å²) in [5.41, 5.74) is 1.39. The van der Waals surface area contributed by atoms with E-state index in [2.05, 4.69) is 0 Å². The van der Waals surface area contributed by atoms with Crippen LogP contribution in [0.3, 0.4) is 0 Å². The number of aliphatic hydroxyl groups excluding tert-OH is 2. The monoisotopic (exact) mass is 914 g/mol. The Labute approximate surface area is 387 Å². The lowest BCUT2D eigenvalue weighted by Crippen LogP contribution is -2.61. The molecule has 14 nitrogen and oxygen atoms in total. The van der Waals surface area contributed by atoms with Crippen LogP contribution in [0.25, 0.3) is 0 Å². The summed E-state index contributed by atoms with van der Waals surface area (Å²) in [7, 11) is 3.21. The maximum absolute atomic E-state index is 14.4. The quantitative estimate of drug-likeness (QED) is 0.139. The highest BCUT2D eigenvalue weighted by atomic mass is 16.6. The van der Waals surface area contributed by atoms with Gasteiger partial charge in [0.2, 0.25) is 5.79 Å². The van der Waals surface area contributed by atoms with Crippen LogP contribution in [0.15, 0.2) is 47.6 Å². The van der Waals surface area contributed by atoms with Gasteiger partial charge in [0.05, 0.1) is 43.7 Å². The molecule has 1 aliphatic carbocycles. The van der Waals surface area contributed by atoms with Gasteiger partial charge in [-0.2, -0.15) is 0 Å². The highest BCUT2D eigenvalue weighted by molar-refractivity contribution is 6.39. The summed E-state index contributed by atoms with van der Waals surface area (Å²) in [4.78, 5) is 71.2. The van der Waals surface area contributed by atoms with Crippen LogP contribution < -0.4 is 0 Å². The van der Waals surface area contributed by atoms with Gasteiger partial charge in [0.15, 0.2) is 0 Å². The van der Waals surface area contributed by atoms with E-state index in [-0.39, 0.29) is 80.5 Å². The van der Waals surface area contributed by atoms with Crippen molar-refractivity contribution < 1.29 is 63.0 Å². The average Bonchev–Trinajstić information content (AvgIpc) is 3.29. The summed E-state index contributed by atoms with van der Waals surface area (Å²) in [6.45, 7) is 11.0. The van der Waals surface area contributed by atoms with E-state index >= 15 is 0 Å². The topological polar surface area (TPSA) is 195 Å². The number of aliphatic hydroxyl groups is 3. The minimum Gasteiger partial charge on any atom is -0.460 e. The maximum atomic E-state index is 14.4. The molecule has 65 heavy (non-hydrogen) atoms. The van der Waals surface area contributed by atoms with Gasteiger partial charge in [-0.3, -0.25) is 19.2 Å². The third-order valence-electron chi connectivity index (χ3n) is 14.3. The number of carbonyl (C=O) groups is 5. The number of rotatable bonds is 8. The summed E-state index contributed by atoms with van der Waals surface area (Å²) >= 11 is 0. The van der Waals surface area contributed by atoms with E-state index in [1.54, 1.807) is 41.1 Å². The third kappa shape index (κ3) is 15.3. The predicted molar refractivity (Wildman–Crippen MR) is 245 cm³/mol. The van der Waals surface area contributed by atoms with Gasteiger partial charge >= 0.3 is 5.97 Å². The number of hydrogen-bond donors (Lipinski definition) is 3. The fourth-order valence-electron chi connectivity index (χ4n) is 9.82. The van der Waals surface area contributed by atoms with Gasteiger partial charge in [-0.05, 0) is 107 Å². The second kappa shape index (κ2) is 26.2. The molecule has 0 unspecified atom stereocenters. The van der Waals surface area contributed by atoms with Crippen LogP contribution >= 0.6 is 0 Å². The summed E-state index contributed by atoms with van der Waals surface area (Å²) in [6, 6.07) is -1.13. The van der Waals surface area contributed by atoms with E-state index in [1.165, 1.54) is 4.90 Å². The third-order valence-corrected chi connectivity index (χ3v) is 14.3. The van der Waals surface area contributed by atoms with Crippen molar-refractivity contribution in [2.24, 2.45) is 29.6 Å². The molecule has 0 aromatic carbocycles. The number of ketones is 3. The van der Waals surface area contributed by atoms with Crippen LogP contribution in [0.4, 0.5) is 0 Å². The van der Waals surface area contributed by atoms with Crippen molar-refractivity contribution in [1.82, 2.24) is 4.90 Å². The first kappa shape index (κ1) is 54.2. The van der Waals surface area contributed by atoms with E-state index in [0.29, 0.717) is 69.8 Å². The molecule has 3 fully saturated rings. The molecule has 366 valence electrons. The number of nitrogens with zero attached hydrogens (tertiary/aromatic N) is 1. The number of cyclic esters (lactones) is 1. The molecule has 2 saturated heterocycles. The SMILES string of the molecule is CO[C@H]1C[C@@H]2CC[C@@H](C)[C@@](O)(O2)C(=O)C(=O)N2CCCC[C@@H]2C(=O)O[C@H]([C@H](C)C[C@@H]2CC[C@@H](OCCO)[C@H](OC)C2)CC(=O)[C@H](C)/C=C(\C)[C@@H](O)CC(=O)[C@H](C)CC/C=C/C=C/C=C/1C. The molecule has 1 amide bonds. The van der Waals surface area contributed by atoms with E-state index in [4.69, 9.17) is 23.7 Å². The van der Waals surface area contributed by atoms with Crippen molar-refractivity contribution in [3.05, 3.63) is 47.6 Å². The fraction of sp³-hybridized carbons (Fsp3) is 0.745. The van der Waals surface area contributed by atoms with Gasteiger partial charge in [0, 0.05) is 57.8 Å². The Kier molecular flexibility index (Phi) is 21.9. The largest absolute Gasteiger partial charge is 0.460 e. The van der Waals surface area contributed by atoms with Gasteiger partial charge in [-0.25, -0.2) is 4.79 Å². The molecule has 2 bridgehead atoms. The lowest BCUT2D eigenvalue weighted by atomic mass is 9.78. The first-order valence-corrected chi connectivity index (χ1v) is 24.1. The fourth-order valence-corrected chi connectivity index (χ4v) is 9.82. The van der Waals surface area contributed by atoms with Crippen molar-refractivity contribution in [3.8, 4) is 0 Å². The first-order valence-electron chi connectivity index (χ1n) is 24.1. The lowest BCUT2D eigenvalue weighted by molar-refractivity contribution is -0.265. The van der Waals surface area contributed by atoms with Gasteiger partial charge < -0.3 is 43.9 Å². The highest BCUT2D eigenvalue weighted by Crippen LogP contribution is 2.38. The number of amides is 1. The molecule has 4 rings (SSSR count). The maximum Gasteiger partial charge on any atom is 0.329 e. The molecule has 0 spiro atoms. The van der Waals surface area contributed by atoms with Crippen LogP contribution in [0, 0.1) is 29.6 Å². The van der Waals surface area contributed by atoms with Gasteiger partial charge in [0.25, 0.3) is 11.7 Å². The van der Waals surface area contributed by atoms with E-state index in [0.717, 1.165) is 12.0 Å². The van der Waals surface area contributed by atoms with Crippen molar-refractivity contribution in [2.75, 3.05) is 34.0 Å². The molecule has 3 heterocycles. The minimum absolute atomic E-state index is 0.0708. The number of methoxy groups -OCH3 is 2. The number of esters is 1. The Hall–Kier alpha value is -3.37. The predicted octanol–water partition coefficient (Wildman–Crippen LogP) is 6.33. The zero-order valence-electron chi connectivity index (χ0n) is 40.3. The standard InChI is InChI=1S/C51H79NO13/c1-32-16-12-10-9-11-13-17-33(2)45(61-7)29-39-21-19-37(6)51(60,65-39)48(57)49(58)52-23-15-14-18-40(52)50(59)64-46(31-43(56)35(4)26-34(3)42(55)30-41(32)54)36(5)27-38-20-22-44(63-25-24-53)47(28-38)62-8/h9-11,13,17,26,32,35-40,42,44-47,53,55,60H,12,14-16,18-25,27-31H2,1-8H3/b10-9+,13-11+,33-17+,34-26+/t32-,35-,36-,37-,38+,39+,40-,42+,44-,45+,46+,47-,51-/m1/s1. The van der Waals surface area contributed by atoms with Gasteiger partial charge in [0.1, 0.15) is 23.7 Å². The Morgan fingerprint density at radius 1 is 0.862 bits per heavy atom. The molecule has 13 atom stereocenters. The molecule has 0 aromatic rings. The molecule has 0 aromatic heterocycles. The highest BCUT2D eigenvalue weighted by Gasteiger charge is 2.53. The van der Waals surface area contributed by atoms with E-state index < -0.39 is 65.7 Å². The molecule has 0 radical (unpaired) electrons. The second-order valence-corrected chi connectivity index (χ2v) is 19.2. The van der Waals surface area contributed by atoms with E-state index in [9.17, 15) is 39.3 Å². The summed E-state index contributed by atoms with van der Waals surface area (Å²) in [5, 5.41) is 32.3. The molecule has 3 N–H and O–H groups in total. The average molecular weight is 914 g/mol. The van der Waals surface area contributed by atoms with Gasteiger partial charge in [-0.1, -0.05) is 64.2 Å². The zero-order chi connectivity index (χ0) is 47.8. The number of allylic oxidation sites excluding steroid dienone is 6. The van der Waals surface area contributed by atoms with E-state index in [1.807, 2.05) is 51.2 Å². The summed E-state index contributed by atoms with van der Waals surface area (Å²) in [6.07, 6.45) is 14.4. The first-order chi connectivity index (χ1) is 30.9. The molecule has 4 aliphatic rings. The number of carbonyl (C=O) groups excluding carboxylic acids is 5.